The lowest BCUT2D eigenvalue weighted by Crippen LogP contribution is -2.31. The maximum Gasteiger partial charge on any atom is 0.165 e. The number of hydrogen-bond acceptors (Lipinski definition) is 3. The highest BCUT2D eigenvalue weighted by Gasteiger charge is 2.29. The Balaban J connectivity index is 2.00. The van der Waals surface area contributed by atoms with E-state index >= 15 is 0 Å². The zero-order valence-corrected chi connectivity index (χ0v) is 11.9. The summed E-state index contributed by atoms with van der Waals surface area (Å²) in [4.78, 5) is 2.35. The van der Waals surface area contributed by atoms with Crippen molar-refractivity contribution in [2.45, 2.75) is 26.3 Å². The molecule has 3 nitrogen and oxygen atoms in total. The number of nitrogens with two attached hydrogens (primary N) is 1. The van der Waals surface area contributed by atoms with Crippen molar-refractivity contribution in [3.8, 4) is 5.75 Å². The van der Waals surface area contributed by atoms with Crippen LogP contribution in [0.1, 0.15) is 31.9 Å². The molecule has 1 aromatic rings. The van der Waals surface area contributed by atoms with E-state index in [-0.39, 0.29) is 17.6 Å². The Hall–Kier alpha value is -1.13. The van der Waals surface area contributed by atoms with Gasteiger partial charge in [-0.1, -0.05) is 19.9 Å². The predicted molar refractivity (Wildman–Crippen MR) is 74.7 cm³/mol. The summed E-state index contributed by atoms with van der Waals surface area (Å²) in [5.41, 5.74) is 7.36. The van der Waals surface area contributed by atoms with Crippen molar-refractivity contribution in [3.05, 3.63) is 29.6 Å². The second-order valence-corrected chi connectivity index (χ2v) is 6.15. The highest BCUT2D eigenvalue weighted by molar-refractivity contribution is 5.31. The zero-order chi connectivity index (χ0) is 14.0. The third-order valence-corrected chi connectivity index (χ3v) is 3.82. The molecule has 1 aromatic carbocycles. The van der Waals surface area contributed by atoms with E-state index in [2.05, 4.69) is 18.7 Å². The molecule has 1 aliphatic heterocycles. The largest absolute Gasteiger partial charge is 0.494 e. The lowest BCUT2D eigenvalue weighted by atomic mass is 9.93. The first-order chi connectivity index (χ1) is 8.91. The van der Waals surface area contributed by atoms with Gasteiger partial charge in [0.25, 0.3) is 0 Å². The second kappa shape index (κ2) is 5.47. The van der Waals surface area contributed by atoms with Crippen molar-refractivity contribution in [2.24, 2.45) is 11.1 Å². The van der Waals surface area contributed by atoms with Gasteiger partial charge in [0.05, 0.1) is 7.11 Å². The first kappa shape index (κ1) is 14.3. The van der Waals surface area contributed by atoms with E-state index < -0.39 is 0 Å². The fourth-order valence-corrected chi connectivity index (χ4v) is 2.68. The number of benzene rings is 1. The van der Waals surface area contributed by atoms with Crippen LogP contribution in [0.4, 0.5) is 4.39 Å². The monoisotopic (exact) mass is 266 g/mol. The average molecular weight is 266 g/mol. The first-order valence-corrected chi connectivity index (χ1v) is 6.73. The number of halogens is 1. The van der Waals surface area contributed by atoms with Crippen molar-refractivity contribution in [2.75, 3.05) is 26.7 Å². The zero-order valence-electron chi connectivity index (χ0n) is 11.9. The fourth-order valence-electron chi connectivity index (χ4n) is 2.68. The van der Waals surface area contributed by atoms with E-state index in [1.165, 1.54) is 19.6 Å². The fraction of sp³-hybridized carbons (Fsp3) is 0.600. The van der Waals surface area contributed by atoms with Crippen molar-refractivity contribution in [3.63, 3.8) is 0 Å². The van der Waals surface area contributed by atoms with E-state index in [0.717, 1.165) is 25.2 Å². The third-order valence-electron chi connectivity index (χ3n) is 3.82. The summed E-state index contributed by atoms with van der Waals surface area (Å²) >= 11 is 0. The SMILES string of the molecule is COc1ccc(C(N)CN2CCC(C)(C)C2)cc1F. The molecule has 0 amide bonds. The van der Waals surface area contributed by atoms with E-state index in [9.17, 15) is 4.39 Å². The molecule has 0 aromatic heterocycles. The summed E-state index contributed by atoms with van der Waals surface area (Å²) in [7, 11) is 1.46. The maximum absolute atomic E-state index is 13.7. The van der Waals surface area contributed by atoms with Crippen LogP contribution in [0.5, 0.6) is 5.75 Å². The molecule has 1 fully saturated rings. The molecule has 0 saturated carbocycles. The normalized spacial score (nSPS) is 20.5. The highest BCUT2D eigenvalue weighted by Crippen LogP contribution is 2.30. The Morgan fingerprint density at radius 1 is 1.47 bits per heavy atom. The van der Waals surface area contributed by atoms with Crippen LogP contribution >= 0.6 is 0 Å². The Morgan fingerprint density at radius 2 is 2.21 bits per heavy atom. The molecule has 1 aliphatic rings. The van der Waals surface area contributed by atoms with Crippen LogP contribution in [-0.4, -0.2) is 31.6 Å². The molecule has 2 rings (SSSR count). The molecule has 1 saturated heterocycles. The molecule has 106 valence electrons. The van der Waals surface area contributed by atoms with Gasteiger partial charge in [-0.3, -0.25) is 0 Å². The van der Waals surface area contributed by atoms with Crippen molar-refractivity contribution >= 4 is 0 Å². The van der Waals surface area contributed by atoms with Gasteiger partial charge in [-0.05, 0) is 36.1 Å². The number of ether oxygens (including phenoxy) is 1. The summed E-state index contributed by atoms with van der Waals surface area (Å²) < 4.78 is 18.6. The first-order valence-electron chi connectivity index (χ1n) is 6.73. The van der Waals surface area contributed by atoms with Crippen molar-refractivity contribution in [1.29, 1.82) is 0 Å². The molecule has 0 radical (unpaired) electrons. The van der Waals surface area contributed by atoms with Gasteiger partial charge in [0.1, 0.15) is 0 Å². The minimum absolute atomic E-state index is 0.158. The Bertz CT molecular complexity index is 448. The molecular formula is C15H23FN2O. The molecular weight excluding hydrogens is 243 g/mol. The minimum atomic E-state index is -0.350. The Labute approximate surface area is 114 Å². The maximum atomic E-state index is 13.7. The Morgan fingerprint density at radius 3 is 2.74 bits per heavy atom. The van der Waals surface area contributed by atoms with Gasteiger partial charge in [0.15, 0.2) is 11.6 Å². The third kappa shape index (κ3) is 3.45. The number of likely N-dealkylation sites (tertiary alicyclic amines) is 1. The van der Waals surface area contributed by atoms with Gasteiger partial charge < -0.3 is 15.4 Å². The van der Waals surface area contributed by atoms with E-state index in [4.69, 9.17) is 10.5 Å². The van der Waals surface area contributed by atoms with Gasteiger partial charge in [-0.25, -0.2) is 4.39 Å². The molecule has 1 unspecified atom stereocenters. The molecule has 0 aliphatic carbocycles. The molecule has 1 heterocycles. The van der Waals surface area contributed by atoms with Gasteiger partial charge in [0.2, 0.25) is 0 Å². The smallest absolute Gasteiger partial charge is 0.165 e. The molecule has 2 N–H and O–H groups in total. The van der Waals surface area contributed by atoms with Gasteiger partial charge in [0, 0.05) is 19.1 Å². The number of nitrogens with zero attached hydrogens (tertiary/aromatic N) is 1. The Kier molecular flexibility index (Phi) is 4.11. The lowest BCUT2D eigenvalue weighted by molar-refractivity contribution is 0.276. The summed E-state index contributed by atoms with van der Waals surface area (Å²) in [5.74, 6) is -0.0875. The minimum Gasteiger partial charge on any atom is -0.494 e. The quantitative estimate of drug-likeness (QED) is 0.910. The van der Waals surface area contributed by atoms with Gasteiger partial charge in [-0.15, -0.1) is 0 Å². The number of hydrogen-bond donors (Lipinski definition) is 1. The van der Waals surface area contributed by atoms with Crippen LogP contribution in [0, 0.1) is 11.2 Å². The molecule has 0 spiro atoms. The predicted octanol–water partition coefficient (Wildman–Crippen LogP) is 2.57. The summed E-state index contributed by atoms with van der Waals surface area (Å²) in [6.07, 6.45) is 1.19. The average Bonchev–Trinajstić information content (AvgIpc) is 2.68. The molecule has 0 bridgehead atoms. The molecule has 1 atom stereocenters. The second-order valence-electron chi connectivity index (χ2n) is 6.15. The van der Waals surface area contributed by atoms with Crippen LogP contribution in [0.3, 0.4) is 0 Å². The number of rotatable bonds is 4. The van der Waals surface area contributed by atoms with Crippen molar-refractivity contribution in [1.82, 2.24) is 4.90 Å². The number of methoxy groups -OCH3 is 1. The molecule has 4 heteroatoms. The van der Waals surface area contributed by atoms with Gasteiger partial charge in [-0.2, -0.15) is 0 Å². The summed E-state index contributed by atoms with van der Waals surface area (Å²) in [6.45, 7) is 7.44. The lowest BCUT2D eigenvalue weighted by Gasteiger charge is -2.23. The van der Waals surface area contributed by atoms with Crippen LogP contribution < -0.4 is 10.5 Å². The highest BCUT2D eigenvalue weighted by atomic mass is 19.1. The van der Waals surface area contributed by atoms with Crippen LogP contribution in [0.15, 0.2) is 18.2 Å². The van der Waals surface area contributed by atoms with E-state index in [1.807, 2.05) is 6.07 Å². The summed E-state index contributed by atoms with van der Waals surface area (Å²) in [6, 6.07) is 4.80. The molecule has 19 heavy (non-hydrogen) atoms. The van der Waals surface area contributed by atoms with E-state index in [1.54, 1.807) is 6.07 Å². The standard InChI is InChI=1S/C15H23FN2O/c1-15(2)6-7-18(10-15)9-13(17)11-4-5-14(19-3)12(16)8-11/h4-5,8,13H,6-7,9-10,17H2,1-3H3. The van der Waals surface area contributed by atoms with Crippen molar-refractivity contribution < 1.29 is 9.13 Å². The van der Waals surface area contributed by atoms with Crippen LogP contribution in [-0.2, 0) is 0 Å². The van der Waals surface area contributed by atoms with Gasteiger partial charge >= 0.3 is 0 Å². The van der Waals surface area contributed by atoms with E-state index in [0.29, 0.717) is 5.41 Å². The van der Waals surface area contributed by atoms with Crippen LogP contribution in [0.25, 0.3) is 0 Å². The topological polar surface area (TPSA) is 38.5 Å². The van der Waals surface area contributed by atoms with Crippen LogP contribution in [0.2, 0.25) is 0 Å². The summed E-state index contributed by atoms with van der Waals surface area (Å²) in [5, 5.41) is 0.